The molecule has 0 aliphatic carbocycles. The van der Waals surface area contributed by atoms with E-state index in [1.807, 2.05) is 0 Å². The van der Waals surface area contributed by atoms with Crippen LogP contribution in [0.3, 0.4) is 0 Å². The molecule has 0 saturated heterocycles. The van der Waals surface area contributed by atoms with Crippen LogP contribution in [0.2, 0.25) is 0 Å². The highest BCUT2D eigenvalue weighted by molar-refractivity contribution is 5.92. The number of aromatic amines is 1. The van der Waals surface area contributed by atoms with E-state index in [9.17, 15) is 14.4 Å². The third kappa shape index (κ3) is 3.41. The molecule has 0 spiro atoms. The minimum Gasteiger partial charge on any atom is -0.385 e. The third-order valence-corrected chi connectivity index (χ3v) is 3.63. The number of hydrogen-bond donors (Lipinski definition) is 2. The first-order chi connectivity index (χ1) is 12.0. The molecular formula is C16H17N5O4. The number of fused-ring (bicyclic) bond motifs is 2. The molecule has 1 amide bonds. The Bertz CT molecular complexity index is 1070. The van der Waals surface area contributed by atoms with Crippen molar-refractivity contribution in [1.82, 2.24) is 19.5 Å². The number of carbonyl (C=O) groups is 1. The number of H-pyrrole nitrogens is 1. The van der Waals surface area contributed by atoms with Crippen molar-refractivity contribution in [2.75, 3.05) is 19.0 Å². The third-order valence-electron chi connectivity index (χ3n) is 3.63. The molecule has 0 saturated carbocycles. The van der Waals surface area contributed by atoms with E-state index < -0.39 is 11.2 Å². The van der Waals surface area contributed by atoms with Crippen LogP contribution in [0.1, 0.15) is 13.3 Å². The molecule has 0 aliphatic heterocycles. The average Bonchev–Trinajstić information content (AvgIpc) is 2.56. The lowest BCUT2D eigenvalue weighted by molar-refractivity contribution is -0.114. The molecule has 9 heteroatoms. The molecule has 2 N–H and O–H groups in total. The van der Waals surface area contributed by atoms with Crippen LogP contribution < -0.4 is 16.6 Å². The molecule has 3 rings (SSSR count). The van der Waals surface area contributed by atoms with Crippen LogP contribution in [0.25, 0.3) is 22.2 Å². The second-order valence-electron chi connectivity index (χ2n) is 5.54. The molecule has 0 bridgehead atoms. The number of anilines is 1. The van der Waals surface area contributed by atoms with E-state index in [-0.39, 0.29) is 23.6 Å². The number of nitrogens with zero attached hydrogens (tertiary/aromatic N) is 3. The lowest BCUT2D eigenvalue weighted by Crippen LogP contribution is -2.36. The van der Waals surface area contributed by atoms with Gasteiger partial charge < -0.3 is 10.1 Å². The Hall–Kier alpha value is -3.07. The van der Waals surface area contributed by atoms with Gasteiger partial charge in [0.15, 0.2) is 11.2 Å². The Labute approximate surface area is 141 Å². The van der Waals surface area contributed by atoms with E-state index in [2.05, 4.69) is 20.3 Å². The van der Waals surface area contributed by atoms with Gasteiger partial charge >= 0.3 is 5.69 Å². The Balaban J connectivity index is 2.13. The SMILES string of the molecule is COCCCn1c(=O)[nH]c2nc3cc(NC(C)=O)ccc3nc2c1=O. The fourth-order valence-electron chi connectivity index (χ4n) is 2.53. The molecule has 0 aliphatic rings. The molecule has 1 aromatic carbocycles. The van der Waals surface area contributed by atoms with Gasteiger partial charge in [-0.25, -0.2) is 14.8 Å². The van der Waals surface area contributed by atoms with Crippen molar-refractivity contribution in [3.05, 3.63) is 39.0 Å². The summed E-state index contributed by atoms with van der Waals surface area (Å²) >= 11 is 0. The summed E-state index contributed by atoms with van der Waals surface area (Å²) in [6, 6.07) is 4.96. The molecule has 3 aromatic rings. The van der Waals surface area contributed by atoms with Crippen LogP contribution in [0.5, 0.6) is 0 Å². The molecule has 2 heterocycles. The lowest BCUT2D eigenvalue weighted by atomic mass is 10.2. The Morgan fingerprint density at radius 2 is 2.08 bits per heavy atom. The second kappa shape index (κ2) is 6.81. The number of hydrogen-bond acceptors (Lipinski definition) is 6. The first kappa shape index (κ1) is 16.8. The molecule has 0 atom stereocenters. The van der Waals surface area contributed by atoms with Gasteiger partial charge in [0, 0.05) is 32.9 Å². The van der Waals surface area contributed by atoms with Gasteiger partial charge in [-0.15, -0.1) is 0 Å². The maximum atomic E-state index is 12.5. The van der Waals surface area contributed by atoms with E-state index in [4.69, 9.17) is 4.74 Å². The fourth-order valence-corrected chi connectivity index (χ4v) is 2.53. The fraction of sp³-hybridized carbons (Fsp3) is 0.312. The Morgan fingerprint density at radius 3 is 2.80 bits per heavy atom. The van der Waals surface area contributed by atoms with Gasteiger partial charge in [-0.1, -0.05) is 0 Å². The van der Waals surface area contributed by atoms with Crippen LogP contribution in [0.15, 0.2) is 27.8 Å². The predicted octanol–water partition coefficient (Wildman–Crippen LogP) is 0.628. The highest BCUT2D eigenvalue weighted by Crippen LogP contribution is 2.17. The molecule has 0 unspecified atom stereocenters. The maximum Gasteiger partial charge on any atom is 0.330 e. The quantitative estimate of drug-likeness (QED) is 0.518. The smallest absolute Gasteiger partial charge is 0.330 e. The molecule has 9 nitrogen and oxygen atoms in total. The van der Waals surface area contributed by atoms with Crippen molar-refractivity contribution in [3.63, 3.8) is 0 Å². The maximum absolute atomic E-state index is 12.5. The lowest BCUT2D eigenvalue weighted by Gasteiger charge is -2.07. The molecule has 0 fully saturated rings. The average molecular weight is 343 g/mol. The highest BCUT2D eigenvalue weighted by atomic mass is 16.5. The van der Waals surface area contributed by atoms with Gasteiger partial charge in [-0.05, 0) is 24.6 Å². The normalized spacial score (nSPS) is 11.1. The van der Waals surface area contributed by atoms with E-state index in [1.165, 1.54) is 6.92 Å². The van der Waals surface area contributed by atoms with E-state index in [0.29, 0.717) is 29.7 Å². The predicted molar refractivity (Wildman–Crippen MR) is 92.7 cm³/mol. The van der Waals surface area contributed by atoms with E-state index in [0.717, 1.165) is 4.57 Å². The number of ether oxygens (including phenoxy) is 1. The number of carbonyl (C=O) groups excluding carboxylic acids is 1. The van der Waals surface area contributed by atoms with Gasteiger partial charge in [0.05, 0.1) is 11.0 Å². The van der Waals surface area contributed by atoms with Gasteiger partial charge in [-0.2, -0.15) is 0 Å². The largest absolute Gasteiger partial charge is 0.385 e. The van der Waals surface area contributed by atoms with E-state index >= 15 is 0 Å². The van der Waals surface area contributed by atoms with Crippen LogP contribution in [-0.2, 0) is 16.1 Å². The van der Waals surface area contributed by atoms with Crippen LogP contribution in [-0.4, -0.2) is 39.1 Å². The minimum absolute atomic E-state index is 0.0943. The number of nitrogens with one attached hydrogen (secondary N) is 2. The first-order valence-electron chi connectivity index (χ1n) is 7.71. The second-order valence-corrected chi connectivity index (χ2v) is 5.54. The highest BCUT2D eigenvalue weighted by Gasteiger charge is 2.12. The zero-order valence-corrected chi connectivity index (χ0v) is 13.8. The summed E-state index contributed by atoms with van der Waals surface area (Å²) < 4.78 is 6.03. The summed E-state index contributed by atoms with van der Waals surface area (Å²) in [4.78, 5) is 47.0. The minimum atomic E-state index is -0.541. The summed E-state index contributed by atoms with van der Waals surface area (Å²) in [6.45, 7) is 2.08. The van der Waals surface area contributed by atoms with Gasteiger partial charge in [0.1, 0.15) is 0 Å². The molecule has 2 aromatic heterocycles. The molecule has 25 heavy (non-hydrogen) atoms. The number of benzene rings is 1. The topological polar surface area (TPSA) is 119 Å². The molecule has 0 radical (unpaired) electrons. The standard InChI is InChI=1S/C16H17N5O4/c1-9(22)17-10-4-5-11-12(8-10)19-14-13(18-11)15(23)21(16(24)20-14)6-3-7-25-2/h4-5,8H,3,6-7H2,1-2H3,(H,17,22)(H,19,20,24). The Kier molecular flexibility index (Phi) is 4.57. The Morgan fingerprint density at radius 1 is 1.28 bits per heavy atom. The van der Waals surface area contributed by atoms with Crippen LogP contribution >= 0.6 is 0 Å². The van der Waals surface area contributed by atoms with Crippen molar-refractivity contribution in [1.29, 1.82) is 0 Å². The number of rotatable bonds is 5. The first-order valence-corrected chi connectivity index (χ1v) is 7.71. The summed E-state index contributed by atoms with van der Waals surface area (Å²) in [5.74, 6) is -0.208. The van der Waals surface area contributed by atoms with Gasteiger partial charge in [0.25, 0.3) is 5.56 Å². The van der Waals surface area contributed by atoms with Gasteiger partial charge in [-0.3, -0.25) is 19.1 Å². The number of methoxy groups -OCH3 is 1. The molecule has 130 valence electrons. The van der Waals surface area contributed by atoms with Crippen LogP contribution in [0, 0.1) is 0 Å². The zero-order valence-electron chi connectivity index (χ0n) is 13.8. The van der Waals surface area contributed by atoms with Crippen LogP contribution in [0.4, 0.5) is 5.69 Å². The van der Waals surface area contributed by atoms with Crippen molar-refractivity contribution in [2.45, 2.75) is 19.9 Å². The van der Waals surface area contributed by atoms with Crippen molar-refractivity contribution in [3.8, 4) is 0 Å². The van der Waals surface area contributed by atoms with Gasteiger partial charge in [0.2, 0.25) is 5.91 Å². The van der Waals surface area contributed by atoms with Crippen molar-refractivity contribution >= 4 is 33.8 Å². The molecular weight excluding hydrogens is 326 g/mol. The monoisotopic (exact) mass is 343 g/mol. The summed E-state index contributed by atoms with van der Waals surface area (Å²) in [5.41, 5.74) is 0.696. The zero-order chi connectivity index (χ0) is 18.0. The summed E-state index contributed by atoms with van der Waals surface area (Å²) in [5, 5.41) is 2.65. The number of amides is 1. The van der Waals surface area contributed by atoms with Crippen molar-refractivity contribution in [2.24, 2.45) is 0 Å². The number of aromatic nitrogens is 4. The van der Waals surface area contributed by atoms with E-state index in [1.54, 1.807) is 25.3 Å². The summed E-state index contributed by atoms with van der Waals surface area (Å²) in [7, 11) is 1.56. The van der Waals surface area contributed by atoms with Crippen molar-refractivity contribution < 1.29 is 9.53 Å². The summed E-state index contributed by atoms with van der Waals surface area (Å²) in [6.07, 6.45) is 0.534.